The molecular formula is C106H68N8S4. The lowest BCUT2D eigenvalue weighted by molar-refractivity contribution is 1.24. The molecule has 0 amide bonds. The third-order valence-corrected chi connectivity index (χ3v) is 25.3. The Bertz CT molecular complexity index is 7530. The summed E-state index contributed by atoms with van der Waals surface area (Å²) in [6.45, 7) is 0. The topological polar surface area (TPSA) is 103 Å². The van der Waals surface area contributed by atoms with Gasteiger partial charge in [0, 0.05) is 107 Å². The van der Waals surface area contributed by atoms with Crippen LogP contribution in [0.1, 0.15) is 0 Å². The van der Waals surface area contributed by atoms with Crippen LogP contribution in [0.5, 0.6) is 0 Å². The smallest absolute Gasteiger partial charge is 0.162 e. The molecule has 8 aromatic heterocycles. The minimum Gasteiger partial charge on any atom is -0.236 e. The van der Waals surface area contributed by atoms with Crippen molar-refractivity contribution in [1.82, 2.24) is 39.9 Å². The summed E-state index contributed by atoms with van der Waals surface area (Å²) in [5, 5.41) is 9.38. The van der Waals surface area contributed by atoms with Crippen molar-refractivity contribution < 1.29 is 0 Å². The molecule has 0 aliphatic rings. The first-order valence-corrected chi connectivity index (χ1v) is 42.3. The van der Waals surface area contributed by atoms with Gasteiger partial charge >= 0.3 is 0 Å². The fourth-order valence-corrected chi connectivity index (χ4v) is 19.6. The highest BCUT2D eigenvalue weighted by Gasteiger charge is 2.23. The molecule has 0 aliphatic carbocycles. The summed E-state index contributed by atoms with van der Waals surface area (Å²) >= 11 is 6.91. The Morgan fingerprint density at radius 3 is 0.966 bits per heavy atom. The monoisotopic (exact) mass is 1580 g/mol. The quantitative estimate of drug-likeness (QED) is 0.126. The van der Waals surface area contributed by atoms with Gasteiger partial charge in [0.05, 0.1) is 17.1 Å². The van der Waals surface area contributed by atoms with Gasteiger partial charge in [-0.2, -0.15) is 0 Å². The van der Waals surface area contributed by atoms with Crippen molar-refractivity contribution >= 4 is 127 Å². The fourth-order valence-electron chi connectivity index (χ4n) is 15.3. The number of fused-ring (bicyclic) bond motifs is 12. The number of hydrogen-bond acceptors (Lipinski definition) is 12. The summed E-state index contributed by atoms with van der Waals surface area (Å²) in [5.41, 5.74) is 19.9. The van der Waals surface area contributed by atoms with E-state index in [0.29, 0.717) is 0 Å². The molecule has 118 heavy (non-hydrogen) atoms. The van der Waals surface area contributed by atoms with E-state index in [4.69, 9.17) is 34.9 Å². The highest BCUT2D eigenvalue weighted by atomic mass is 32.1. The van der Waals surface area contributed by atoms with Crippen LogP contribution in [-0.2, 0) is 0 Å². The number of benzene rings is 15. The lowest BCUT2D eigenvalue weighted by Gasteiger charge is -2.12. The zero-order valence-corrected chi connectivity index (χ0v) is 66.7. The van der Waals surface area contributed by atoms with Crippen molar-refractivity contribution in [3.8, 4) is 124 Å². The molecule has 0 aliphatic heterocycles. The van der Waals surface area contributed by atoms with E-state index >= 15 is 0 Å². The minimum atomic E-state index is 0.749. The second-order valence-corrected chi connectivity index (χ2v) is 32.5. The molecule has 23 aromatic rings. The van der Waals surface area contributed by atoms with Gasteiger partial charge in [0.1, 0.15) is 19.3 Å². The van der Waals surface area contributed by atoms with Crippen molar-refractivity contribution in [3.05, 3.63) is 413 Å². The molecule has 0 bridgehead atoms. The van der Waals surface area contributed by atoms with Crippen LogP contribution < -0.4 is 0 Å². The number of thiophene rings is 4. The van der Waals surface area contributed by atoms with Gasteiger partial charge in [0.25, 0.3) is 0 Å². The van der Waals surface area contributed by atoms with Crippen molar-refractivity contribution in [2.75, 3.05) is 0 Å². The summed E-state index contributed by atoms with van der Waals surface area (Å²) in [6.07, 6.45) is 1.93. The number of aromatic nitrogens is 8. The second kappa shape index (κ2) is 32.8. The third kappa shape index (κ3) is 14.7. The van der Waals surface area contributed by atoms with Gasteiger partial charge in [0.2, 0.25) is 0 Å². The zero-order valence-electron chi connectivity index (χ0n) is 63.5. The normalized spacial score (nSPS) is 11.2. The molecule has 0 fully saturated rings. The first-order valence-electron chi connectivity index (χ1n) is 39.0. The van der Waals surface area contributed by atoms with Gasteiger partial charge < -0.3 is 0 Å². The van der Waals surface area contributed by atoms with E-state index < -0.39 is 0 Å². The van der Waals surface area contributed by atoms with Gasteiger partial charge in [0.15, 0.2) is 23.3 Å². The van der Waals surface area contributed by atoms with E-state index in [0.717, 1.165) is 126 Å². The van der Waals surface area contributed by atoms with Gasteiger partial charge in [-0.25, -0.2) is 39.9 Å². The molecule has 0 atom stereocenters. The number of hydrogen-bond donors (Lipinski definition) is 0. The maximum Gasteiger partial charge on any atom is 0.162 e. The molecular weight excluding hydrogens is 1510 g/mol. The maximum atomic E-state index is 5.20. The van der Waals surface area contributed by atoms with Crippen LogP contribution in [0.3, 0.4) is 0 Å². The molecule has 23 rings (SSSR count). The summed E-state index contributed by atoms with van der Waals surface area (Å²) in [4.78, 5) is 43.9. The highest BCUT2D eigenvalue weighted by molar-refractivity contribution is 7.26. The maximum absolute atomic E-state index is 5.20. The predicted molar refractivity (Wildman–Crippen MR) is 499 cm³/mol. The van der Waals surface area contributed by atoms with E-state index in [-0.39, 0.29) is 0 Å². The molecule has 0 spiro atoms. The van der Waals surface area contributed by atoms with Crippen LogP contribution in [0.25, 0.3) is 205 Å². The molecule has 556 valence electrons. The average molecular weight is 1580 g/mol. The summed E-state index contributed by atoms with van der Waals surface area (Å²) in [6, 6.07) is 141. The fraction of sp³-hybridized carbons (Fsp3) is 0. The van der Waals surface area contributed by atoms with E-state index in [2.05, 4.69) is 339 Å². The van der Waals surface area contributed by atoms with Crippen LogP contribution in [-0.4, -0.2) is 39.9 Å². The van der Waals surface area contributed by atoms with Crippen LogP contribution in [0, 0.1) is 0 Å². The lowest BCUT2D eigenvalue weighted by atomic mass is 9.95. The van der Waals surface area contributed by atoms with E-state index in [1.807, 2.05) is 79.0 Å². The molecule has 12 heteroatoms. The van der Waals surface area contributed by atoms with Crippen LogP contribution in [0.2, 0.25) is 0 Å². The second-order valence-electron chi connectivity index (χ2n) is 28.3. The molecule has 0 unspecified atom stereocenters. The number of rotatable bonds is 11. The Labute approximate surface area is 697 Å². The Morgan fingerprint density at radius 1 is 0.161 bits per heavy atom. The Kier molecular flexibility index (Phi) is 20.1. The van der Waals surface area contributed by atoms with Crippen molar-refractivity contribution in [1.29, 1.82) is 0 Å². The average Bonchev–Trinajstić information content (AvgIpc) is 1.60. The molecule has 0 radical (unpaired) electrons. The van der Waals surface area contributed by atoms with Gasteiger partial charge in [-0.15, -0.1) is 45.3 Å². The van der Waals surface area contributed by atoms with Gasteiger partial charge in [-0.1, -0.05) is 376 Å². The molecule has 0 saturated heterocycles. The molecule has 0 N–H and O–H groups in total. The van der Waals surface area contributed by atoms with Crippen molar-refractivity contribution in [2.24, 2.45) is 0 Å². The van der Waals surface area contributed by atoms with E-state index in [1.165, 1.54) is 79.3 Å². The Balaban J connectivity index is 0.000000103. The molecule has 8 nitrogen and oxygen atoms in total. The Hall–Kier alpha value is -14.5. The predicted octanol–water partition coefficient (Wildman–Crippen LogP) is 29.7. The van der Waals surface area contributed by atoms with Gasteiger partial charge in [-0.3, -0.25) is 0 Å². The summed E-state index contributed by atoms with van der Waals surface area (Å²) in [7, 11) is 0. The van der Waals surface area contributed by atoms with Crippen molar-refractivity contribution in [3.63, 3.8) is 0 Å². The Morgan fingerprint density at radius 2 is 0.458 bits per heavy atom. The molecule has 0 saturated carbocycles. The number of nitrogens with zero attached hydrogens (tertiary/aromatic N) is 8. The highest BCUT2D eigenvalue weighted by Crippen LogP contribution is 2.46. The summed E-state index contributed by atoms with van der Waals surface area (Å²) in [5.74, 6) is 3.06. The van der Waals surface area contributed by atoms with E-state index in [1.54, 1.807) is 45.3 Å². The first-order chi connectivity index (χ1) is 58.5. The van der Waals surface area contributed by atoms with Crippen LogP contribution in [0.15, 0.2) is 413 Å². The largest absolute Gasteiger partial charge is 0.236 e. The summed E-state index contributed by atoms with van der Waals surface area (Å²) < 4.78 is 4.95. The van der Waals surface area contributed by atoms with Crippen LogP contribution >= 0.6 is 45.3 Å². The molecule has 8 heterocycles. The SMILES string of the molecule is c1ccc(-c2ccc(-c3nc(-c4cccc(-c5ccccc5)c4)c4c(n3)sc3ccccc34)cc2)cc1.c1ccc(-c2ccccc2-c2nc(-c3ccccc3)c3c(n2)sc2ccccc23)cc1.c1ccc(-c2nc(-c3ccccc3-c3ccccc3)c3c(n2)sc2ccccc23)cc1.c1ccc(-c2ncc3c(n2)sc2ccccc23)cc1. The third-order valence-electron chi connectivity index (χ3n) is 21.0. The standard InChI is InChI=1S/C34H22N2S.2C28H18N2S.C16H10N2S/c1-3-10-23(11-4-1)25-18-20-26(21-19-25)33-35-32(31-29-16-7-8-17-30(29)37-34(31)36-33)28-15-9-14-27(22-28)24-12-5-2-6-13-24;1-3-11-19(12-4-1)21-15-7-8-16-22(21)26-25-23-17-9-10-18-24(23)31-28(25)30-27(29-26)20-13-5-2-6-14-20;1-3-11-19(12-4-1)21-15-7-8-16-22(21)27-29-26(20-13-5-2-6-14-20)25-23-17-9-10-18-24(23)31-28(25)30-27;1-2-6-11(7-3-1)15-17-10-13-12-8-4-5-9-14(12)19-16(13)18-15/h1-22H;2*1-18H;1-10H. The van der Waals surface area contributed by atoms with Crippen LogP contribution in [0.4, 0.5) is 0 Å². The minimum absolute atomic E-state index is 0.749. The van der Waals surface area contributed by atoms with E-state index in [9.17, 15) is 0 Å². The first kappa shape index (κ1) is 72.5. The van der Waals surface area contributed by atoms with Crippen molar-refractivity contribution in [2.45, 2.75) is 0 Å². The zero-order chi connectivity index (χ0) is 78.5. The molecule has 15 aromatic carbocycles. The lowest BCUT2D eigenvalue weighted by Crippen LogP contribution is -1.95. The van der Waals surface area contributed by atoms with Gasteiger partial charge in [-0.05, 0) is 74.8 Å².